The summed E-state index contributed by atoms with van der Waals surface area (Å²) >= 11 is 6.67. The van der Waals surface area contributed by atoms with Gasteiger partial charge in [0.05, 0.1) is 18.1 Å². The number of morpholine rings is 1. The first-order chi connectivity index (χ1) is 13.2. The van der Waals surface area contributed by atoms with Crippen molar-refractivity contribution in [3.63, 3.8) is 0 Å². The Balaban J connectivity index is 1.26. The molecule has 2 aromatic rings. The average Bonchev–Trinajstić information content (AvgIpc) is 3.36. The van der Waals surface area contributed by atoms with Gasteiger partial charge in [-0.3, -0.25) is 9.69 Å². The Morgan fingerprint density at radius 3 is 2.67 bits per heavy atom. The standard InChI is InChI=1S/C19H24BrN3O2S2/c20-15-11-17(26-12-15)18-21-16(13-27-18)19(24)23-5-2-14(3-6-23)1-4-22-7-9-25-10-8-22/h11-14H,1-10H2. The number of carbonyl (C=O) groups is 1. The molecule has 5 nitrogen and oxygen atoms in total. The highest BCUT2D eigenvalue weighted by Crippen LogP contribution is 2.32. The second-order valence-electron chi connectivity index (χ2n) is 7.15. The zero-order chi connectivity index (χ0) is 18.6. The molecule has 8 heteroatoms. The highest BCUT2D eigenvalue weighted by molar-refractivity contribution is 9.10. The molecule has 2 fully saturated rings. The Morgan fingerprint density at radius 2 is 1.96 bits per heavy atom. The van der Waals surface area contributed by atoms with Gasteiger partial charge in [0, 0.05) is 41.4 Å². The molecular formula is C19H24BrN3O2S2. The van der Waals surface area contributed by atoms with Crippen molar-refractivity contribution in [1.82, 2.24) is 14.8 Å². The first-order valence-electron chi connectivity index (χ1n) is 9.48. The summed E-state index contributed by atoms with van der Waals surface area (Å²) in [4.78, 5) is 23.0. The van der Waals surface area contributed by atoms with E-state index in [0.29, 0.717) is 5.69 Å². The molecule has 0 N–H and O–H groups in total. The summed E-state index contributed by atoms with van der Waals surface area (Å²) in [5.74, 6) is 0.811. The number of carbonyl (C=O) groups excluding carboxylic acids is 1. The van der Waals surface area contributed by atoms with Crippen molar-refractivity contribution in [2.45, 2.75) is 19.3 Å². The molecule has 0 saturated carbocycles. The van der Waals surface area contributed by atoms with E-state index >= 15 is 0 Å². The third-order valence-corrected chi connectivity index (χ3v) is 8.06. The topological polar surface area (TPSA) is 45.7 Å². The molecule has 4 rings (SSSR count). The van der Waals surface area contributed by atoms with Gasteiger partial charge in [0.15, 0.2) is 0 Å². The molecule has 4 heterocycles. The van der Waals surface area contributed by atoms with E-state index in [1.165, 1.54) is 6.42 Å². The SMILES string of the molecule is O=C(c1csc(-c2cc(Br)cs2)n1)N1CCC(CCN2CCOCC2)CC1. The molecule has 0 unspecified atom stereocenters. The van der Waals surface area contributed by atoms with Crippen LogP contribution >= 0.6 is 38.6 Å². The Hall–Kier alpha value is -0.800. The smallest absolute Gasteiger partial charge is 0.273 e. The van der Waals surface area contributed by atoms with Crippen LogP contribution in [0.4, 0.5) is 0 Å². The first-order valence-corrected chi connectivity index (χ1v) is 12.0. The van der Waals surface area contributed by atoms with E-state index in [-0.39, 0.29) is 5.91 Å². The summed E-state index contributed by atoms with van der Waals surface area (Å²) in [5.41, 5.74) is 0.589. The molecule has 2 aliphatic rings. The number of ether oxygens (including phenoxy) is 1. The lowest BCUT2D eigenvalue weighted by atomic mass is 9.93. The second kappa shape index (κ2) is 9.13. The van der Waals surface area contributed by atoms with Gasteiger partial charge in [0.2, 0.25) is 0 Å². The maximum absolute atomic E-state index is 12.8. The number of halogens is 1. The molecule has 0 bridgehead atoms. The van der Waals surface area contributed by atoms with Gasteiger partial charge in [-0.1, -0.05) is 0 Å². The molecule has 1 amide bonds. The molecule has 0 aliphatic carbocycles. The summed E-state index contributed by atoms with van der Waals surface area (Å²) in [6, 6.07) is 2.05. The van der Waals surface area contributed by atoms with E-state index in [2.05, 4.69) is 31.9 Å². The lowest BCUT2D eigenvalue weighted by Gasteiger charge is -2.33. The molecule has 146 valence electrons. The largest absolute Gasteiger partial charge is 0.379 e. The van der Waals surface area contributed by atoms with E-state index in [0.717, 1.165) is 79.1 Å². The van der Waals surface area contributed by atoms with Crippen LogP contribution in [0.15, 0.2) is 21.3 Å². The fourth-order valence-electron chi connectivity index (χ4n) is 3.69. The van der Waals surface area contributed by atoms with Crippen LogP contribution in [0.3, 0.4) is 0 Å². The Morgan fingerprint density at radius 1 is 1.19 bits per heavy atom. The van der Waals surface area contributed by atoms with E-state index in [4.69, 9.17) is 4.74 Å². The van der Waals surface area contributed by atoms with Gasteiger partial charge in [-0.15, -0.1) is 22.7 Å². The van der Waals surface area contributed by atoms with Crippen LogP contribution in [0.25, 0.3) is 9.88 Å². The number of thiazole rings is 1. The van der Waals surface area contributed by atoms with Crippen LogP contribution in [-0.2, 0) is 4.74 Å². The molecule has 0 aromatic carbocycles. The number of piperidine rings is 1. The fourth-order valence-corrected chi connectivity index (χ4v) is 5.99. The van der Waals surface area contributed by atoms with Gasteiger partial charge in [-0.05, 0) is 53.7 Å². The molecule has 2 saturated heterocycles. The number of hydrogen-bond acceptors (Lipinski definition) is 6. The molecule has 0 atom stereocenters. The number of amides is 1. The number of thiophene rings is 1. The average molecular weight is 470 g/mol. The monoisotopic (exact) mass is 469 g/mol. The highest BCUT2D eigenvalue weighted by Gasteiger charge is 2.26. The van der Waals surface area contributed by atoms with E-state index in [1.807, 2.05) is 15.7 Å². The fraction of sp³-hybridized carbons (Fsp3) is 0.579. The minimum Gasteiger partial charge on any atom is -0.379 e. The van der Waals surface area contributed by atoms with Crippen molar-refractivity contribution in [3.8, 4) is 9.88 Å². The minimum atomic E-state index is 0.0831. The Labute approximate surface area is 176 Å². The minimum absolute atomic E-state index is 0.0831. The normalized spacial score (nSPS) is 19.5. The summed E-state index contributed by atoms with van der Waals surface area (Å²) in [6.07, 6.45) is 3.44. The predicted octanol–water partition coefficient (Wildman–Crippen LogP) is 4.21. The maximum atomic E-state index is 12.8. The molecule has 0 spiro atoms. The van der Waals surface area contributed by atoms with E-state index in [1.54, 1.807) is 22.7 Å². The van der Waals surface area contributed by atoms with Gasteiger partial charge in [0.25, 0.3) is 5.91 Å². The van der Waals surface area contributed by atoms with E-state index in [9.17, 15) is 4.79 Å². The van der Waals surface area contributed by atoms with Crippen LogP contribution in [0.2, 0.25) is 0 Å². The van der Waals surface area contributed by atoms with Crippen LogP contribution < -0.4 is 0 Å². The summed E-state index contributed by atoms with van der Waals surface area (Å²) in [5, 5.41) is 4.87. The van der Waals surface area contributed by atoms with Gasteiger partial charge in [-0.2, -0.15) is 0 Å². The van der Waals surface area contributed by atoms with Crippen molar-refractivity contribution in [3.05, 3.63) is 27.0 Å². The van der Waals surface area contributed by atoms with Crippen LogP contribution in [0, 0.1) is 5.92 Å². The zero-order valence-corrected chi connectivity index (χ0v) is 18.5. The summed E-state index contributed by atoms with van der Waals surface area (Å²) < 4.78 is 6.47. The molecule has 2 aliphatic heterocycles. The van der Waals surface area contributed by atoms with Gasteiger partial charge < -0.3 is 9.64 Å². The molecule has 2 aromatic heterocycles. The number of rotatable bonds is 5. The van der Waals surface area contributed by atoms with Crippen molar-refractivity contribution in [1.29, 1.82) is 0 Å². The lowest BCUT2D eigenvalue weighted by Crippen LogP contribution is -2.41. The third kappa shape index (κ3) is 4.98. The van der Waals surface area contributed by atoms with Crippen molar-refractivity contribution in [2.75, 3.05) is 45.9 Å². The summed E-state index contributed by atoms with van der Waals surface area (Å²) in [7, 11) is 0. The number of likely N-dealkylation sites (tertiary alicyclic amines) is 1. The Bertz CT molecular complexity index is 765. The van der Waals surface area contributed by atoms with Crippen LogP contribution in [-0.4, -0.2) is 66.6 Å². The van der Waals surface area contributed by atoms with Crippen molar-refractivity contribution >= 4 is 44.5 Å². The van der Waals surface area contributed by atoms with Crippen LogP contribution in [0.1, 0.15) is 29.8 Å². The number of hydrogen-bond donors (Lipinski definition) is 0. The van der Waals surface area contributed by atoms with Gasteiger partial charge in [0.1, 0.15) is 10.7 Å². The molecule has 0 radical (unpaired) electrons. The predicted molar refractivity (Wildman–Crippen MR) is 114 cm³/mol. The maximum Gasteiger partial charge on any atom is 0.273 e. The quantitative estimate of drug-likeness (QED) is 0.657. The van der Waals surface area contributed by atoms with E-state index < -0.39 is 0 Å². The highest BCUT2D eigenvalue weighted by atomic mass is 79.9. The van der Waals surface area contributed by atoms with Crippen molar-refractivity contribution < 1.29 is 9.53 Å². The number of nitrogens with zero attached hydrogens (tertiary/aromatic N) is 3. The molecule has 27 heavy (non-hydrogen) atoms. The Kier molecular flexibility index (Phi) is 6.60. The first kappa shape index (κ1) is 19.5. The third-order valence-electron chi connectivity index (χ3n) is 5.36. The molecular weight excluding hydrogens is 446 g/mol. The van der Waals surface area contributed by atoms with Crippen LogP contribution in [0.5, 0.6) is 0 Å². The summed E-state index contributed by atoms with van der Waals surface area (Å²) in [6.45, 7) is 6.71. The van der Waals surface area contributed by atoms with Gasteiger partial charge in [-0.25, -0.2) is 4.98 Å². The second-order valence-corrected chi connectivity index (χ2v) is 9.83. The van der Waals surface area contributed by atoms with Crippen molar-refractivity contribution in [2.24, 2.45) is 5.92 Å². The zero-order valence-electron chi connectivity index (χ0n) is 15.2. The van der Waals surface area contributed by atoms with Gasteiger partial charge >= 0.3 is 0 Å². The lowest BCUT2D eigenvalue weighted by molar-refractivity contribution is 0.0332. The number of aromatic nitrogens is 1.